The molecule has 1 aliphatic heterocycles. The van der Waals surface area contributed by atoms with E-state index in [1.54, 1.807) is 4.68 Å². The first-order valence-corrected chi connectivity index (χ1v) is 10.5. The summed E-state index contributed by atoms with van der Waals surface area (Å²) in [6.07, 6.45) is 0. The molecule has 0 radical (unpaired) electrons. The van der Waals surface area contributed by atoms with Crippen LogP contribution in [0, 0.1) is 6.92 Å². The molecule has 1 atom stereocenters. The molecule has 0 N–H and O–H groups in total. The molecule has 2 aromatic heterocycles. The van der Waals surface area contributed by atoms with E-state index in [0.717, 1.165) is 37.9 Å². The summed E-state index contributed by atoms with van der Waals surface area (Å²) >= 11 is 3.46. The summed E-state index contributed by atoms with van der Waals surface area (Å²) < 4.78 is 14.0. The minimum absolute atomic E-state index is 0.309. The second-order valence-electron chi connectivity index (χ2n) is 7.32. The fraction of sp³-hybridized carbons (Fsp3) is 0.125. The quantitative estimate of drug-likeness (QED) is 0.290. The van der Waals surface area contributed by atoms with E-state index in [1.807, 2.05) is 61.5 Å². The number of rotatable bonds is 3. The molecule has 0 unspecified atom stereocenters. The number of para-hydroxylation sites is 1. The van der Waals surface area contributed by atoms with Gasteiger partial charge in [-0.25, -0.2) is 14.5 Å². The summed E-state index contributed by atoms with van der Waals surface area (Å²) in [5.74, 6) is -0.00933. The smallest absolute Gasteiger partial charge is 0.334 e. The maximum atomic E-state index is 12.5. The molecule has 0 amide bonds. The Bertz CT molecular complexity index is 1360. The largest absolute Gasteiger partial charge is 0.466 e. The second-order valence-corrected chi connectivity index (χ2v) is 8.24. The first-order valence-electron chi connectivity index (χ1n) is 9.68. The second kappa shape index (κ2) is 7.35. The number of benzene rings is 2. The van der Waals surface area contributed by atoms with Crippen LogP contribution in [-0.4, -0.2) is 27.8 Å². The normalized spacial score (nSPS) is 14.5. The van der Waals surface area contributed by atoms with Crippen LogP contribution in [0.1, 0.15) is 22.7 Å². The molecule has 7 heteroatoms. The van der Waals surface area contributed by atoms with Crippen LogP contribution in [0.5, 0.6) is 11.8 Å². The Morgan fingerprint density at radius 1 is 1.19 bits per heavy atom. The zero-order valence-electron chi connectivity index (χ0n) is 16.9. The molecule has 3 heterocycles. The van der Waals surface area contributed by atoms with E-state index in [9.17, 15) is 4.79 Å². The average Bonchev–Trinajstić information content (AvgIpc) is 3.11. The van der Waals surface area contributed by atoms with Crippen LogP contribution in [0.3, 0.4) is 0 Å². The number of ether oxygens (including phenoxy) is 2. The van der Waals surface area contributed by atoms with Gasteiger partial charge in [-0.15, -0.1) is 0 Å². The third-order valence-electron chi connectivity index (χ3n) is 5.44. The van der Waals surface area contributed by atoms with Gasteiger partial charge in [-0.3, -0.25) is 0 Å². The Hall–Kier alpha value is -3.45. The molecule has 0 saturated heterocycles. The Kier molecular flexibility index (Phi) is 4.63. The molecule has 4 aromatic rings. The lowest BCUT2D eigenvalue weighted by Gasteiger charge is -2.27. The van der Waals surface area contributed by atoms with Gasteiger partial charge in [0, 0.05) is 21.0 Å². The monoisotopic (exact) mass is 475 g/mol. The van der Waals surface area contributed by atoms with E-state index in [2.05, 4.69) is 22.5 Å². The van der Waals surface area contributed by atoms with Gasteiger partial charge in [0.25, 0.3) is 0 Å². The van der Waals surface area contributed by atoms with Crippen molar-refractivity contribution in [2.75, 3.05) is 7.11 Å². The van der Waals surface area contributed by atoms with Crippen molar-refractivity contribution in [1.82, 2.24) is 14.8 Å². The van der Waals surface area contributed by atoms with Crippen molar-refractivity contribution in [1.29, 1.82) is 0 Å². The molecule has 0 spiro atoms. The highest BCUT2D eigenvalue weighted by atomic mass is 79.9. The number of hydrogen-bond acceptors (Lipinski definition) is 5. The number of fused-ring (bicyclic) bond motifs is 3. The van der Waals surface area contributed by atoms with Gasteiger partial charge in [0.05, 0.1) is 35.5 Å². The van der Waals surface area contributed by atoms with Crippen LogP contribution in [0.2, 0.25) is 0 Å². The van der Waals surface area contributed by atoms with E-state index in [0.29, 0.717) is 17.3 Å². The molecular formula is C24H18BrN3O3. The van der Waals surface area contributed by atoms with Crippen LogP contribution < -0.4 is 4.74 Å². The standard InChI is InChI=1S/C24H18BrN3O3/c1-13(24(29)30-3)20-18-12-15-6-4-5-7-19(15)26-22(18)31-23-21(20)14(2)27-28(23)17-10-8-16(25)9-11-17/h4-12,20H,1H2,2-3H3/t20-/m0/s1. The summed E-state index contributed by atoms with van der Waals surface area (Å²) in [7, 11) is 1.35. The number of aromatic nitrogens is 3. The average molecular weight is 476 g/mol. The number of carbonyl (C=O) groups excluding carboxylic acids is 1. The van der Waals surface area contributed by atoms with Gasteiger partial charge in [0.2, 0.25) is 11.8 Å². The number of esters is 1. The number of carbonyl (C=O) groups is 1. The van der Waals surface area contributed by atoms with Crippen molar-refractivity contribution in [3.63, 3.8) is 0 Å². The maximum Gasteiger partial charge on any atom is 0.334 e. The highest BCUT2D eigenvalue weighted by molar-refractivity contribution is 9.10. The van der Waals surface area contributed by atoms with E-state index < -0.39 is 11.9 Å². The lowest BCUT2D eigenvalue weighted by molar-refractivity contribution is -0.136. The summed E-state index contributed by atoms with van der Waals surface area (Å²) in [5.41, 5.74) is 4.23. The van der Waals surface area contributed by atoms with Gasteiger partial charge in [0.15, 0.2) is 0 Å². The molecule has 0 bridgehead atoms. The van der Waals surface area contributed by atoms with Gasteiger partial charge in [-0.1, -0.05) is 40.7 Å². The number of methoxy groups -OCH3 is 1. The molecule has 154 valence electrons. The summed E-state index contributed by atoms with van der Waals surface area (Å²) in [5, 5.41) is 5.67. The molecule has 2 aromatic carbocycles. The maximum absolute atomic E-state index is 12.5. The minimum Gasteiger partial charge on any atom is -0.466 e. The molecule has 1 aliphatic rings. The van der Waals surface area contributed by atoms with Gasteiger partial charge < -0.3 is 9.47 Å². The van der Waals surface area contributed by atoms with E-state index in [4.69, 9.17) is 19.6 Å². The number of hydrogen-bond donors (Lipinski definition) is 0. The highest BCUT2D eigenvalue weighted by Crippen LogP contribution is 2.49. The number of aryl methyl sites for hydroxylation is 1. The summed E-state index contributed by atoms with van der Waals surface area (Å²) in [4.78, 5) is 17.2. The molecule has 0 fully saturated rings. The van der Waals surface area contributed by atoms with Crippen molar-refractivity contribution in [2.24, 2.45) is 0 Å². The fourth-order valence-corrected chi connectivity index (χ4v) is 4.23. The lowest BCUT2D eigenvalue weighted by atomic mass is 9.84. The van der Waals surface area contributed by atoms with E-state index in [-0.39, 0.29) is 0 Å². The molecule has 0 aliphatic carbocycles. The van der Waals surface area contributed by atoms with Gasteiger partial charge in [0.1, 0.15) is 0 Å². The number of pyridine rings is 1. The zero-order chi connectivity index (χ0) is 21.7. The van der Waals surface area contributed by atoms with Crippen molar-refractivity contribution >= 4 is 32.8 Å². The van der Waals surface area contributed by atoms with Crippen LogP contribution in [-0.2, 0) is 9.53 Å². The van der Waals surface area contributed by atoms with Crippen LogP contribution in [0.15, 0.2) is 71.2 Å². The van der Waals surface area contributed by atoms with Crippen molar-refractivity contribution in [2.45, 2.75) is 12.8 Å². The van der Waals surface area contributed by atoms with Crippen LogP contribution in [0.25, 0.3) is 16.6 Å². The Morgan fingerprint density at radius 3 is 2.68 bits per heavy atom. The lowest BCUT2D eigenvalue weighted by Crippen LogP contribution is -2.19. The SMILES string of the molecule is C=C(C(=O)OC)[C@H]1c2cc3ccccc3nc2Oc2c1c(C)nn2-c1ccc(Br)cc1. The third-order valence-corrected chi connectivity index (χ3v) is 5.97. The molecular weight excluding hydrogens is 458 g/mol. The van der Waals surface area contributed by atoms with Crippen molar-refractivity contribution in [3.05, 3.63) is 88.0 Å². The molecule has 31 heavy (non-hydrogen) atoms. The van der Waals surface area contributed by atoms with Gasteiger partial charge in [-0.05, 0) is 43.3 Å². The Morgan fingerprint density at radius 2 is 1.94 bits per heavy atom. The predicted molar refractivity (Wildman–Crippen MR) is 121 cm³/mol. The van der Waals surface area contributed by atoms with Gasteiger partial charge in [-0.2, -0.15) is 5.10 Å². The van der Waals surface area contributed by atoms with Crippen molar-refractivity contribution in [3.8, 4) is 17.4 Å². The molecule has 0 saturated carbocycles. The zero-order valence-corrected chi connectivity index (χ0v) is 18.5. The minimum atomic E-state index is -0.479. The summed E-state index contributed by atoms with van der Waals surface area (Å²) in [6, 6.07) is 17.5. The van der Waals surface area contributed by atoms with Crippen LogP contribution >= 0.6 is 15.9 Å². The first-order chi connectivity index (χ1) is 15.0. The van der Waals surface area contributed by atoms with E-state index in [1.165, 1.54) is 7.11 Å². The number of nitrogens with zero attached hydrogens (tertiary/aromatic N) is 3. The number of halogens is 1. The highest BCUT2D eigenvalue weighted by Gasteiger charge is 2.38. The predicted octanol–water partition coefficient (Wildman–Crippen LogP) is 5.46. The molecule has 5 rings (SSSR count). The fourth-order valence-electron chi connectivity index (χ4n) is 3.97. The van der Waals surface area contributed by atoms with Gasteiger partial charge >= 0.3 is 5.97 Å². The third kappa shape index (κ3) is 3.13. The topological polar surface area (TPSA) is 66.2 Å². The van der Waals surface area contributed by atoms with E-state index >= 15 is 0 Å². The Labute approximate surface area is 187 Å². The summed E-state index contributed by atoms with van der Waals surface area (Å²) in [6.45, 7) is 5.96. The molecule has 6 nitrogen and oxygen atoms in total. The first kappa shape index (κ1) is 19.5. The Balaban J connectivity index is 1.77. The van der Waals surface area contributed by atoms with Crippen LogP contribution in [0.4, 0.5) is 0 Å². The van der Waals surface area contributed by atoms with Crippen molar-refractivity contribution < 1.29 is 14.3 Å².